The monoisotopic (exact) mass is 645 g/mol. The molecule has 0 saturated carbocycles. The molecule has 3 N–H and O–H groups in total. The summed E-state index contributed by atoms with van der Waals surface area (Å²) in [5, 5.41) is 8.57. The zero-order valence-electron chi connectivity index (χ0n) is 29.3. The highest BCUT2D eigenvalue weighted by Crippen LogP contribution is 2.19. The van der Waals surface area contributed by atoms with Gasteiger partial charge < -0.3 is 30.4 Å². The molecule has 2 unspecified atom stereocenters. The average molecular weight is 646 g/mol. The summed E-state index contributed by atoms with van der Waals surface area (Å²) in [6, 6.07) is 7.64. The molecule has 0 spiro atoms. The van der Waals surface area contributed by atoms with E-state index in [2.05, 4.69) is 56.6 Å². The van der Waals surface area contributed by atoms with Gasteiger partial charge in [0.1, 0.15) is 13.2 Å². The van der Waals surface area contributed by atoms with Crippen LogP contribution >= 0.6 is 0 Å². The standard InChI is InChI=1S/C12H18N4O4.C10H11NO.C9H20O.C4H10/c17-9-5-13-10(18)6-15-12(20)8-3-1-2-4-16(8)11(19)7-14-9;1-8-7-11(12-2)10-6-4-3-5-9(8)10;1-4-6-7-8-9(5-2)10-3;1-3-4-2/h8H,1-7H2,(H,13,18)(H,14,17)(H,15,20);3-7H,1-2H3;9H,4-8H2,1-3H3;3-4H2,1-2H3. The molecule has 3 heterocycles. The fraction of sp³-hybridized carbons (Fsp3) is 0.657. The normalized spacial score (nSPS) is 17.5. The number of nitrogens with zero attached hydrogens (tertiary/aromatic N) is 2. The smallest absolute Gasteiger partial charge is 0.243 e. The number of amides is 4. The molecule has 2 saturated heterocycles. The molecular formula is C35H59N5O6. The van der Waals surface area contributed by atoms with Crippen LogP contribution in [0.1, 0.15) is 97.5 Å². The molecule has 2 atom stereocenters. The van der Waals surface area contributed by atoms with Gasteiger partial charge in [0, 0.05) is 25.2 Å². The number of unbranched alkanes of at least 4 members (excludes halogenated alkanes) is 3. The van der Waals surface area contributed by atoms with E-state index in [-0.39, 0.29) is 31.4 Å². The van der Waals surface area contributed by atoms with E-state index in [9.17, 15) is 19.2 Å². The summed E-state index contributed by atoms with van der Waals surface area (Å²) in [6.07, 6.45) is 13.8. The van der Waals surface area contributed by atoms with Crippen LogP contribution in [0.2, 0.25) is 0 Å². The molecule has 11 heteroatoms. The van der Waals surface area contributed by atoms with Crippen molar-refractivity contribution in [3.8, 4) is 0 Å². The lowest BCUT2D eigenvalue weighted by molar-refractivity contribution is -0.143. The molecule has 1 aromatic carbocycles. The van der Waals surface area contributed by atoms with Crippen LogP contribution in [0.15, 0.2) is 30.5 Å². The lowest BCUT2D eigenvalue weighted by Crippen LogP contribution is -2.56. The van der Waals surface area contributed by atoms with Gasteiger partial charge in [-0.1, -0.05) is 78.0 Å². The summed E-state index contributed by atoms with van der Waals surface area (Å²) in [4.78, 5) is 53.6. The van der Waals surface area contributed by atoms with Gasteiger partial charge in [-0.15, -0.1) is 0 Å². The Morgan fingerprint density at radius 1 is 0.848 bits per heavy atom. The zero-order valence-corrected chi connectivity index (χ0v) is 29.3. The second-order valence-electron chi connectivity index (χ2n) is 11.5. The number of hydrogen-bond donors (Lipinski definition) is 3. The number of benzene rings is 1. The number of methoxy groups -OCH3 is 1. The Bertz CT molecular complexity index is 1140. The first-order valence-electron chi connectivity index (χ1n) is 16.9. The maximum atomic E-state index is 12.1. The molecule has 4 rings (SSSR count). The molecule has 2 aliphatic rings. The molecule has 11 nitrogen and oxygen atoms in total. The van der Waals surface area contributed by atoms with Crippen LogP contribution in [-0.4, -0.2) is 85.8 Å². The SMILES string of the molecule is CCCC.CCCCCC(CC)OC.COn1cc(C)c2ccccc21.O=C1CNC(=O)CNC(=O)C2CCCCN2C(=O)CN1. The molecule has 1 aromatic heterocycles. The van der Waals surface area contributed by atoms with E-state index in [4.69, 9.17) is 9.57 Å². The minimum atomic E-state index is -0.555. The molecular weight excluding hydrogens is 586 g/mol. The summed E-state index contributed by atoms with van der Waals surface area (Å²) >= 11 is 0. The predicted molar refractivity (Wildman–Crippen MR) is 183 cm³/mol. The molecule has 0 aliphatic carbocycles. The number of carbonyl (C=O) groups excluding carboxylic acids is 4. The Kier molecular flexibility index (Phi) is 20.8. The quantitative estimate of drug-likeness (QED) is 0.362. The minimum Gasteiger partial charge on any atom is -0.417 e. The van der Waals surface area contributed by atoms with Crippen molar-refractivity contribution < 1.29 is 28.8 Å². The van der Waals surface area contributed by atoms with Gasteiger partial charge in [0.25, 0.3) is 0 Å². The number of aromatic nitrogens is 1. The summed E-state index contributed by atoms with van der Waals surface area (Å²) in [7, 11) is 3.48. The molecule has 0 bridgehead atoms. The number of fused-ring (bicyclic) bond motifs is 2. The van der Waals surface area contributed by atoms with Crippen LogP contribution in [0.3, 0.4) is 0 Å². The van der Waals surface area contributed by atoms with Crippen molar-refractivity contribution in [2.24, 2.45) is 0 Å². The molecule has 46 heavy (non-hydrogen) atoms. The Hall–Kier alpha value is -3.60. The Balaban J connectivity index is 0.000000348. The number of ether oxygens (including phenoxy) is 1. The van der Waals surface area contributed by atoms with Gasteiger partial charge in [-0.05, 0) is 50.7 Å². The van der Waals surface area contributed by atoms with Crippen LogP contribution in [0.4, 0.5) is 0 Å². The fourth-order valence-corrected chi connectivity index (χ4v) is 4.94. The van der Waals surface area contributed by atoms with Gasteiger partial charge in [-0.25, -0.2) is 0 Å². The number of piperidine rings is 1. The van der Waals surface area contributed by atoms with E-state index in [0.717, 1.165) is 24.8 Å². The van der Waals surface area contributed by atoms with E-state index in [1.807, 2.05) is 24.4 Å². The Labute approximate surface area is 276 Å². The Morgan fingerprint density at radius 3 is 2.11 bits per heavy atom. The summed E-state index contributed by atoms with van der Waals surface area (Å²) in [5.74, 6) is -1.44. The van der Waals surface area contributed by atoms with Crippen molar-refractivity contribution in [2.75, 3.05) is 40.4 Å². The van der Waals surface area contributed by atoms with Crippen LogP contribution in [-0.2, 0) is 23.9 Å². The van der Waals surface area contributed by atoms with E-state index < -0.39 is 17.9 Å². The third-order valence-corrected chi connectivity index (χ3v) is 7.92. The third kappa shape index (κ3) is 14.7. The molecule has 2 aliphatic heterocycles. The summed E-state index contributed by atoms with van der Waals surface area (Å²) in [6.45, 7) is 10.8. The first-order chi connectivity index (χ1) is 22.2. The van der Waals surface area contributed by atoms with Crippen molar-refractivity contribution in [3.05, 3.63) is 36.0 Å². The van der Waals surface area contributed by atoms with Crippen molar-refractivity contribution in [2.45, 2.75) is 111 Å². The second-order valence-corrected chi connectivity index (χ2v) is 11.5. The van der Waals surface area contributed by atoms with Crippen LogP contribution < -0.4 is 20.8 Å². The number of nitrogens with one attached hydrogen (secondary N) is 3. The summed E-state index contributed by atoms with van der Waals surface area (Å²) < 4.78 is 7.03. The van der Waals surface area contributed by atoms with Gasteiger partial charge in [-0.2, -0.15) is 4.73 Å². The van der Waals surface area contributed by atoms with Gasteiger partial charge in [-0.3, -0.25) is 19.2 Å². The number of rotatable bonds is 8. The first-order valence-corrected chi connectivity index (χ1v) is 16.9. The van der Waals surface area contributed by atoms with E-state index >= 15 is 0 Å². The number of carbonyl (C=O) groups is 4. The van der Waals surface area contributed by atoms with Crippen LogP contribution in [0.25, 0.3) is 10.9 Å². The van der Waals surface area contributed by atoms with Gasteiger partial charge in [0.05, 0.1) is 31.3 Å². The predicted octanol–water partition coefficient (Wildman–Crippen LogP) is 4.54. The molecule has 2 fully saturated rings. The number of para-hydroxylation sites is 1. The highest BCUT2D eigenvalue weighted by atomic mass is 16.6. The maximum absolute atomic E-state index is 12.1. The largest absolute Gasteiger partial charge is 0.417 e. The van der Waals surface area contributed by atoms with Gasteiger partial charge in [0.2, 0.25) is 23.6 Å². The van der Waals surface area contributed by atoms with E-state index in [1.54, 1.807) is 19.0 Å². The maximum Gasteiger partial charge on any atom is 0.243 e. The fourth-order valence-electron chi connectivity index (χ4n) is 4.94. The molecule has 0 radical (unpaired) electrons. The van der Waals surface area contributed by atoms with Crippen LogP contribution in [0.5, 0.6) is 0 Å². The first kappa shape index (κ1) is 40.4. The van der Waals surface area contributed by atoms with Crippen LogP contribution in [0, 0.1) is 6.92 Å². The topological polar surface area (TPSA) is 131 Å². The van der Waals surface area contributed by atoms with Crippen molar-refractivity contribution >= 4 is 34.5 Å². The summed E-state index contributed by atoms with van der Waals surface area (Å²) in [5.41, 5.74) is 2.37. The van der Waals surface area contributed by atoms with E-state index in [0.29, 0.717) is 19.1 Å². The molecule has 260 valence electrons. The second kappa shape index (κ2) is 23.7. The molecule has 4 amide bonds. The van der Waals surface area contributed by atoms with Crippen molar-refractivity contribution in [1.29, 1.82) is 0 Å². The minimum absolute atomic E-state index is 0.154. The van der Waals surface area contributed by atoms with Crippen molar-refractivity contribution in [1.82, 2.24) is 25.6 Å². The average Bonchev–Trinajstić information content (AvgIpc) is 3.42. The number of aryl methyl sites for hydroxylation is 1. The third-order valence-electron chi connectivity index (χ3n) is 7.92. The van der Waals surface area contributed by atoms with Crippen molar-refractivity contribution in [3.63, 3.8) is 0 Å². The zero-order chi connectivity index (χ0) is 34.3. The lowest BCUT2D eigenvalue weighted by Gasteiger charge is -2.35. The number of hydrogen-bond acceptors (Lipinski definition) is 6. The lowest BCUT2D eigenvalue weighted by atomic mass is 10.0. The molecule has 2 aromatic rings. The van der Waals surface area contributed by atoms with Gasteiger partial charge in [0.15, 0.2) is 0 Å². The highest BCUT2D eigenvalue weighted by molar-refractivity contribution is 5.94. The van der Waals surface area contributed by atoms with E-state index in [1.165, 1.54) is 54.4 Å². The Morgan fingerprint density at radius 2 is 1.50 bits per heavy atom. The van der Waals surface area contributed by atoms with Gasteiger partial charge >= 0.3 is 0 Å². The highest BCUT2D eigenvalue weighted by Gasteiger charge is 2.32.